The molecule has 0 bridgehead atoms. The molecular weight excluding hydrogens is 224 g/mol. The molecule has 0 aliphatic heterocycles. The lowest BCUT2D eigenvalue weighted by Gasteiger charge is -2.05. The highest BCUT2D eigenvalue weighted by atomic mass is 16.5. The lowest BCUT2D eigenvalue weighted by atomic mass is 10.2. The summed E-state index contributed by atoms with van der Waals surface area (Å²) in [7, 11) is 1.68. The largest absolute Gasteiger partial charge is 0.409 e. The van der Waals surface area contributed by atoms with E-state index in [2.05, 4.69) is 5.16 Å². The summed E-state index contributed by atoms with van der Waals surface area (Å²) in [5.41, 5.74) is 5.32. The van der Waals surface area contributed by atoms with Crippen molar-refractivity contribution in [2.75, 3.05) is 40.1 Å². The van der Waals surface area contributed by atoms with E-state index in [1.54, 1.807) is 7.11 Å². The summed E-state index contributed by atoms with van der Waals surface area (Å²) < 4.78 is 15.6. The molecule has 0 aromatic rings. The molecule has 6 heteroatoms. The van der Waals surface area contributed by atoms with Gasteiger partial charge in [0.25, 0.3) is 0 Å². The SMILES string of the molecule is COCCCOCCOCCCCC(N)=NO. The Bertz CT molecular complexity index is 188. The van der Waals surface area contributed by atoms with Gasteiger partial charge in [-0.2, -0.15) is 0 Å². The molecule has 0 rings (SSSR count). The number of nitrogens with zero attached hydrogens (tertiary/aromatic N) is 1. The molecule has 0 saturated carbocycles. The first kappa shape index (κ1) is 16.1. The molecule has 0 spiro atoms. The summed E-state index contributed by atoms with van der Waals surface area (Å²) in [6.45, 7) is 3.34. The maximum Gasteiger partial charge on any atom is 0.139 e. The van der Waals surface area contributed by atoms with Crippen LogP contribution >= 0.6 is 0 Å². The van der Waals surface area contributed by atoms with E-state index in [9.17, 15) is 0 Å². The molecular formula is C11H24N2O4. The molecule has 17 heavy (non-hydrogen) atoms. The molecule has 0 heterocycles. The van der Waals surface area contributed by atoms with Gasteiger partial charge in [-0.3, -0.25) is 0 Å². The van der Waals surface area contributed by atoms with Crippen molar-refractivity contribution in [2.45, 2.75) is 25.7 Å². The minimum Gasteiger partial charge on any atom is -0.409 e. The Hall–Kier alpha value is -0.850. The van der Waals surface area contributed by atoms with Crippen LogP contribution in [0.5, 0.6) is 0 Å². The van der Waals surface area contributed by atoms with Crippen molar-refractivity contribution in [1.29, 1.82) is 0 Å². The van der Waals surface area contributed by atoms with Crippen molar-refractivity contribution >= 4 is 5.84 Å². The van der Waals surface area contributed by atoms with Crippen molar-refractivity contribution in [3.8, 4) is 0 Å². The predicted octanol–water partition coefficient (Wildman–Crippen LogP) is 0.973. The Kier molecular flexibility index (Phi) is 12.6. The predicted molar refractivity (Wildman–Crippen MR) is 65.4 cm³/mol. The van der Waals surface area contributed by atoms with E-state index >= 15 is 0 Å². The van der Waals surface area contributed by atoms with E-state index in [0.717, 1.165) is 25.9 Å². The van der Waals surface area contributed by atoms with Crippen LogP contribution in [-0.4, -0.2) is 51.2 Å². The van der Waals surface area contributed by atoms with E-state index in [0.29, 0.717) is 32.8 Å². The van der Waals surface area contributed by atoms with Crippen LogP contribution in [-0.2, 0) is 14.2 Å². The average molecular weight is 248 g/mol. The van der Waals surface area contributed by atoms with Crippen LogP contribution in [0.2, 0.25) is 0 Å². The third-order valence-corrected chi connectivity index (χ3v) is 2.11. The molecule has 0 unspecified atom stereocenters. The first-order valence-corrected chi connectivity index (χ1v) is 5.92. The number of unbranched alkanes of at least 4 members (excludes halogenated alkanes) is 1. The molecule has 0 radical (unpaired) electrons. The second kappa shape index (κ2) is 13.2. The smallest absolute Gasteiger partial charge is 0.139 e. The zero-order valence-electron chi connectivity index (χ0n) is 10.6. The van der Waals surface area contributed by atoms with Gasteiger partial charge in [-0.15, -0.1) is 0 Å². The first-order chi connectivity index (χ1) is 8.31. The topological polar surface area (TPSA) is 86.3 Å². The minimum atomic E-state index is 0.270. The number of rotatable bonds is 12. The van der Waals surface area contributed by atoms with E-state index in [4.69, 9.17) is 25.2 Å². The Morgan fingerprint density at radius 3 is 2.24 bits per heavy atom. The zero-order chi connectivity index (χ0) is 12.8. The van der Waals surface area contributed by atoms with Crippen LogP contribution in [0.25, 0.3) is 0 Å². The lowest BCUT2D eigenvalue weighted by Crippen LogP contribution is -2.11. The van der Waals surface area contributed by atoms with Crippen molar-refractivity contribution in [3.05, 3.63) is 0 Å². The van der Waals surface area contributed by atoms with Crippen LogP contribution in [0.3, 0.4) is 0 Å². The number of methoxy groups -OCH3 is 1. The van der Waals surface area contributed by atoms with Gasteiger partial charge in [0.15, 0.2) is 0 Å². The molecule has 0 aromatic carbocycles. The summed E-state index contributed by atoms with van der Waals surface area (Å²) >= 11 is 0. The molecule has 0 saturated heterocycles. The number of hydrogen-bond acceptors (Lipinski definition) is 5. The van der Waals surface area contributed by atoms with Gasteiger partial charge in [-0.25, -0.2) is 0 Å². The maximum atomic E-state index is 8.30. The Morgan fingerprint density at radius 2 is 1.65 bits per heavy atom. The highest BCUT2D eigenvalue weighted by Crippen LogP contribution is 1.95. The molecule has 0 aliphatic carbocycles. The molecule has 0 aromatic heterocycles. The molecule has 0 atom stereocenters. The van der Waals surface area contributed by atoms with Gasteiger partial charge in [0.2, 0.25) is 0 Å². The molecule has 0 amide bonds. The van der Waals surface area contributed by atoms with Crippen molar-refractivity contribution in [3.63, 3.8) is 0 Å². The Balaban J connectivity index is 2.99. The normalized spacial score (nSPS) is 11.9. The Morgan fingerprint density at radius 1 is 1.00 bits per heavy atom. The van der Waals surface area contributed by atoms with Crippen molar-refractivity contribution in [2.24, 2.45) is 10.9 Å². The van der Waals surface area contributed by atoms with Gasteiger partial charge in [0.1, 0.15) is 5.84 Å². The van der Waals surface area contributed by atoms with Crippen LogP contribution in [0.15, 0.2) is 5.16 Å². The number of oxime groups is 1. The quantitative estimate of drug-likeness (QED) is 0.177. The van der Waals surface area contributed by atoms with Crippen LogP contribution < -0.4 is 5.73 Å². The number of nitrogens with two attached hydrogens (primary N) is 1. The van der Waals surface area contributed by atoms with Crippen LogP contribution in [0, 0.1) is 0 Å². The number of hydrogen-bond donors (Lipinski definition) is 2. The van der Waals surface area contributed by atoms with Crippen molar-refractivity contribution in [1.82, 2.24) is 0 Å². The zero-order valence-corrected chi connectivity index (χ0v) is 10.6. The van der Waals surface area contributed by atoms with Gasteiger partial charge in [-0.1, -0.05) is 5.16 Å². The molecule has 6 nitrogen and oxygen atoms in total. The van der Waals surface area contributed by atoms with E-state index < -0.39 is 0 Å². The van der Waals surface area contributed by atoms with E-state index in [1.807, 2.05) is 0 Å². The van der Waals surface area contributed by atoms with E-state index in [-0.39, 0.29) is 5.84 Å². The van der Waals surface area contributed by atoms with Crippen molar-refractivity contribution < 1.29 is 19.4 Å². The summed E-state index contributed by atoms with van der Waals surface area (Å²) in [6.07, 6.45) is 3.29. The fourth-order valence-corrected chi connectivity index (χ4v) is 1.19. The Labute approximate surface area is 103 Å². The van der Waals surface area contributed by atoms with E-state index in [1.165, 1.54) is 0 Å². The van der Waals surface area contributed by atoms with Crippen LogP contribution in [0.1, 0.15) is 25.7 Å². The van der Waals surface area contributed by atoms with Gasteiger partial charge in [-0.05, 0) is 19.3 Å². The average Bonchev–Trinajstić information content (AvgIpc) is 2.35. The minimum absolute atomic E-state index is 0.270. The van der Waals surface area contributed by atoms with Gasteiger partial charge < -0.3 is 25.2 Å². The summed E-state index contributed by atoms with van der Waals surface area (Å²) in [4.78, 5) is 0. The highest BCUT2D eigenvalue weighted by Gasteiger charge is 1.94. The lowest BCUT2D eigenvalue weighted by molar-refractivity contribution is 0.0389. The third-order valence-electron chi connectivity index (χ3n) is 2.11. The fourth-order valence-electron chi connectivity index (χ4n) is 1.19. The summed E-state index contributed by atoms with van der Waals surface area (Å²) in [5.74, 6) is 0.270. The van der Waals surface area contributed by atoms with Gasteiger partial charge >= 0.3 is 0 Å². The molecule has 102 valence electrons. The third kappa shape index (κ3) is 13.1. The fraction of sp³-hybridized carbons (Fsp3) is 0.909. The first-order valence-electron chi connectivity index (χ1n) is 5.92. The number of ether oxygens (including phenoxy) is 3. The summed E-state index contributed by atoms with van der Waals surface area (Å²) in [6, 6.07) is 0. The van der Waals surface area contributed by atoms with Gasteiger partial charge in [0, 0.05) is 33.4 Å². The molecule has 0 aliphatic rings. The van der Waals surface area contributed by atoms with Crippen LogP contribution in [0.4, 0.5) is 0 Å². The highest BCUT2D eigenvalue weighted by molar-refractivity contribution is 5.79. The van der Waals surface area contributed by atoms with Gasteiger partial charge in [0.05, 0.1) is 13.2 Å². The second-order valence-corrected chi connectivity index (χ2v) is 3.62. The summed E-state index contributed by atoms with van der Waals surface area (Å²) in [5, 5.41) is 11.2. The molecule has 3 N–H and O–H groups in total. The maximum absolute atomic E-state index is 8.30. The number of amidine groups is 1. The second-order valence-electron chi connectivity index (χ2n) is 3.62. The monoisotopic (exact) mass is 248 g/mol. The standard InChI is InChI=1S/C11H24N2O4/c1-15-6-4-8-17-10-9-16-7-3-2-5-11(12)13-14/h14H,2-10H2,1H3,(H2,12,13). The molecule has 0 fully saturated rings.